The highest BCUT2D eigenvalue weighted by molar-refractivity contribution is 6.14. The van der Waals surface area contributed by atoms with Gasteiger partial charge in [0.25, 0.3) is 0 Å². The van der Waals surface area contributed by atoms with E-state index in [2.05, 4.69) is 158 Å². The Bertz CT molecular complexity index is 3280. The molecule has 0 bridgehead atoms. The number of hydrogen-bond donors (Lipinski definition) is 0. The number of rotatable bonds is 6. The molecule has 0 saturated heterocycles. The zero-order chi connectivity index (χ0) is 37.7. The van der Waals surface area contributed by atoms with Crippen molar-refractivity contribution in [2.75, 3.05) is 0 Å². The maximum Gasteiger partial charge on any atom is 0.167 e. The molecule has 0 saturated carbocycles. The van der Waals surface area contributed by atoms with Gasteiger partial charge in [0.15, 0.2) is 17.5 Å². The lowest BCUT2D eigenvalue weighted by Gasteiger charge is -2.13. The third-order valence-electron chi connectivity index (χ3n) is 11.0. The van der Waals surface area contributed by atoms with Crippen LogP contribution in [0.3, 0.4) is 0 Å². The van der Waals surface area contributed by atoms with Crippen LogP contribution in [0.1, 0.15) is 0 Å². The first-order chi connectivity index (χ1) is 28.2. The Morgan fingerprint density at radius 1 is 0.281 bits per heavy atom. The number of nitrogens with zero attached hydrogens (tertiary/aromatic N) is 3. The van der Waals surface area contributed by atoms with Crippen molar-refractivity contribution in [3.63, 3.8) is 0 Å². The summed E-state index contributed by atoms with van der Waals surface area (Å²) in [6.07, 6.45) is 0. The average molecular weight is 728 g/mol. The van der Waals surface area contributed by atoms with E-state index in [0.717, 1.165) is 60.9 Å². The molecule has 0 N–H and O–H groups in total. The summed E-state index contributed by atoms with van der Waals surface area (Å²) in [4.78, 5) is 15.4. The summed E-state index contributed by atoms with van der Waals surface area (Å²) in [5.41, 5.74) is 11.1. The van der Waals surface area contributed by atoms with Gasteiger partial charge in [-0.3, -0.25) is 0 Å². The molecule has 0 atom stereocenters. The third kappa shape index (κ3) is 5.74. The van der Waals surface area contributed by atoms with Crippen molar-refractivity contribution < 1.29 is 4.42 Å². The van der Waals surface area contributed by atoms with Gasteiger partial charge in [-0.05, 0) is 73.1 Å². The molecule has 11 rings (SSSR count). The van der Waals surface area contributed by atoms with Crippen LogP contribution in [0.2, 0.25) is 0 Å². The SMILES string of the molecule is c1ccc(-c2ccccc2-c2nc(-c3ccc(-c4ccc(-c5cc6ccccc6c6ccccc56)cc4)cc3)nc(-c3cccc4c3oc3ccccc34)n2)cc1. The number of para-hydroxylation sites is 2. The van der Waals surface area contributed by atoms with E-state index in [1.807, 2.05) is 42.5 Å². The van der Waals surface area contributed by atoms with Gasteiger partial charge in [0.05, 0.1) is 5.56 Å². The third-order valence-corrected chi connectivity index (χ3v) is 11.0. The van der Waals surface area contributed by atoms with Crippen molar-refractivity contribution in [1.82, 2.24) is 15.0 Å². The molecule has 0 aliphatic heterocycles. The van der Waals surface area contributed by atoms with E-state index in [1.165, 1.54) is 32.7 Å². The summed E-state index contributed by atoms with van der Waals surface area (Å²) in [5.74, 6) is 1.75. The molecule has 11 aromatic rings. The summed E-state index contributed by atoms with van der Waals surface area (Å²) in [5, 5.41) is 7.14. The Morgan fingerprint density at radius 3 is 1.56 bits per heavy atom. The van der Waals surface area contributed by atoms with Gasteiger partial charge < -0.3 is 4.42 Å². The molecule has 0 fully saturated rings. The second-order valence-electron chi connectivity index (χ2n) is 14.3. The zero-order valence-corrected chi connectivity index (χ0v) is 30.8. The largest absolute Gasteiger partial charge is 0.455 e. The van der Waals surface area contributed by atoms with Gasteiger partial charge in [0.1, 0.15) is 11.2 Å². The standard InChI is InChI=1S/C53H33N3O/c1-2-13-36(14-3-1)40-16-6-9-21-46(40)52-54-51(55-53(56-52)47-23-12-22-45-44-20-10-11-24-49(44)57-50(45)47)38-31-27-35(28-32-38)34-25-29-37(30-26-34)48-33-39-15-4-5-17-41(39)42-18-7-8-19-43(42)48/h1-33H. The molecule has 4 heteroatoms. The number of benzene rings is 9. The molecule has 2 aromatic heterocycles. The van der Waals surface area contributed by atoms with Crippen LogP contribution in [0, 0.1) is 0 Å². The van der Waals surface area contributed by atoms with Crippen LogP contribution >= 0.6 is 0 Å². The molecule has 9 aromatic carbocycles. The van der Waals surface area contributed by atoms with Crippen LogP contribution in [-0.2, 0) is 0 Å². The Kier molecular flexibility index (Phi) is 7.78. The lowest BCUT2D eigenvalue weighted by Crippen LogP contribution is -2.01. The Balaban J connectivity index is 1.00. The van der Waals surface area contributed by atoms with Crippen molar-refractivity contribution >= 4 is 43.5 Å². The lowest BCUT2D eigenvalue weighted by atomic mass is 9.92. The fourth-order valence-corrected chi connectivity index (χ4v) is 8.16. The minimum atomic E-state index is 0.559. The molecule has 0 amide bonds. The Labute approximate surface area is 329 Å². The van der Waals surface area contributed by atoms with Crippen molar-refractivity contribution in [2.24, 2.45) is 0 Å². The summed E-state index contributed by atoms with van der Waals surface area (Å²) in [6.45, 7) is 0. The van der Waals surface area contributed by atoms with Crippen molar-refractivity contribution in [1.29, 1.82) is 0 Å². The Hall–Kier alpha value is -7.69. The van der Waals surface area contributed by atoms with Gasteiger partial charge in [-0.2, -0.15) is 0 Å². The van der Waals surface area contributed by atoms with Crippen LogP contribution in [-0.4, -0.2) is 15.0 Å². The van der Waals surface area contributed by atoms with Crippen LogP contribution in [0.4, 0.5) is 0 Å². The van der Waals surface area contributed by atoms with Gasteiger partial charge >= 0.3 is 0 Å². The minimum absolute atomic E-state index is 0.559. The normalized spacial score (nSPS) is 11.5. The molecule has 0 unspecified atom stereocenters. The summed E-state index contributed by atoms with van der Waals surface area (Å²) in [6, 6.07) is 70.0. The molecule has 0 spiro atoms. The monoisotopic (exact) mass is 727 g/mol. The van der Waals surface area contributed by atoms with Crippen LogP contribution in [0.5, 0.6) is 0 Å². The van der Waals surface area contributed by atoms with E-state index in [0.29, 0.717) is 17.5 Å². The topological polar surface area (TPSA) is 51.8 Å². The molecule has 0 aliphatic rings. The van der Waals surface area contributed by atoms with Crippen LogP contribution in [0.15, 0.2) is 205 Å². The van der Waals surface area contributed by atoms with Gasteiger partial charge in [0.2, 0.25) is 0 Å². The smallest absolute Gasteiger partial charge is 0.167 e. The zero-order valence-electron chi connectivity index (χ0n) is 30.8. The van der Waals surface area contributed by atoms with Crippen LogP contribution < -0.4 is 0 Å². The first-order valence-electron chi connectivity index (χ1n) is 19.2. The first-order valence-corrected chi connectivity index (χ1v) is 19.2. The Morgan fingerprint density at radius 2 is 0.789 bits per heavy atom. The van der Waals surface area contributed by atoms with E-state index >= 15 is 0 Å². The number of fused-ring (bicyclic) bond motifs is 6. The van der Waals surface area contributed by atoms with E-state index in [9.17, 15) is 0 Å². The highest BCUT2D eigenvalue weighted by atomic mass is 16.3. The van der Waals surface area contributed by atoms with Gasteiger partial charge in [-0.1, -0.05) is 182 Å². The second kappa shape index (κ2) is 13.6. The number of hydrogen-bond acceptors (Lipinski definition) is 4. The molecule has 2 heterocycles. The molecular weight excluding hydrogens is 695 g/mol. The first kappa shape index (κ1) is 32.7. The van der Waals surface area contributed by atoms with Gasteiger partial charge in [-0.25, -0.2) is 15.0 Å². The molecular formula is C53H33N3O. The fourth-order valence-electron chi connectivity index (χ4n) is 8.16. The highest BCUT2D eigenvalue weighted by Gasteiger charge is 2.19. The van der Waals surface area contributed by atoms with Crippen molar-refractivity contribution in [2.45, 2.75) is 0 Å². The molecule has 266 valence electrons. The lowest BCUT2D eigenvalue weighted by molar-refractivity contribution is 0.669. The van der Waals surface area contributed by atoms with Crippen molar-refractivity contribution in [3.8, 4) is 67.5 Å². The average Bonchev–Trinajstić information content (AvgIpc) is 3.68. The maximum absolute atomic E-state index is 6.46. The summed E-state index contributed by atoms with van der Waals surface area (Å²) < 4.78 is 6.46. The highest BCUT2D eigenvalue weighted by Crippen LogP contribution is 2.39. The summed E-state index contributed by atoms with van der Waals surface area (Å²) in [7, 11) is 0. The molecule has 0 aliphatic carbocycles. The second-order valence-corrected chi connectivity index (χ2v) is 14.3. The van der Waals surface area contributed by atoms with Crippen molar-refractivity contribution in [3.05, 3.63) is 200 Å². The van der Waals surface area contributed by atoms with Crippen LogP contribution in [0.25, 0.3) is 111 Å². The van der Waals surface area contributed by atoms with Gasteiger partial charge in [-0.15, -0.1) is 0 Å². The predicted octanol–water partition coefficient (Wildman–Crippen LogP) is 14.1. The predicted molar refractivity (Wildman–Crippen MR) is 235 cm³/mol. The number of aromatic nitrogens is 3. The molecule has 57 heavy (non-hydrogen) atoms. The van der Waals surface area contributed by atoms with E-state index < -0.39 is 0 Å². The molecule has 0 radical (unpaired) electrons. The van der Waals surface area contributed by atoms with E-state index in [1.54, 1.807) is 0 Å². The molecule has 4 nitrogen and oxygen atoms in total. The minimum Gasteiger partial charge on any atom is -0.455 e. The van der Waals surface area contributed by atoms with Gasteiger partial charge in [0, 0.05) is 21.9 Å². The maximum atomic E-state index is 6.46. The fraction of sp³-hybridized carbons (Fsp3) is 0. The number of furan rings is 1. The van der Waals surface area contributed by atoms with E-state index in [-0.39, 0.29) is 0 Å². The quantitative estimate of drug-likeness (QED) is 0.160. The summed E-state index contributed by atoms with van der Waals surface area (Å²) >= 11 is 0. The van der Waals surface area contributed by atoms with E-state index in [4.69, 9.17) is 19.4 Å².